The molecule has 0 saturated heterocycles. The zero-order valence-electron chi connectivity index (χ0n) is 23.3. The van der Waals surface area contributed by atoms with Crippen LogP contribution in [-0.4, -0.2) is 0 Å². The average molecular weight is 553 g/mol. The molecule has 0 spiro atoms. The van der Waals surface area contributed by atoms with Crippen molar-refractivity contribution >= 4 is 42.4 Å². The summed E-state index contributed by atoms with van der Waals surface area (Å²) in [6.07, 6.45) is 0. The Bertz CT molecular complexity index is 1550. The number of rotatable bonds is 7. The molecular weight excluding hydrogens is 518 g/mol. The molecule has 0 aliphatic heterocycles. The van der Waals surface area contributed by atoms with E-state index in [4.69, 9.17) is 0 Å². The van der Waals surface area contributed by atoms with Crippen LogP contribution in [0.2, 0.25) is 0 Å². The van der Waals surface area contributed by atoms with E-state index in [1.807, 2.05) is 0 Å². The Morgan fingerprint density at radius 3 is 1.20 bits per heavy atom. The smallest absolute Gasteiger partial charge is 0.0357 e. The highest BCUT2D eigenvalue weighted by Gasteiger charge is 2.29. The van der Waals surface area contributed by atoms with Gasteiger partial charge in [0.1, 0.15) is 0 Å². The second-order valence-corrected chi connectivity index (χ2v) is 14.6. The number of hydrogen-bond donors (Lipinski definition) is 0. The van der Waals surface area contributed by atoms with Crippen LogP contribution in [0.1, 0.15) is 31.9 Å². The van der Waals surface area contributed by atoms with Crippen molar-refractivity contribution in [2.45, 2.75) is 20.8 Å². The largest absolute Gasteiger partial charge is 0.0920 e. The maximum absolute atomic E-state index is 3.85. The molecule has 196 valence electrons. The third kappa shape index (κ3) is 6.87. The zero-order chi connectivity index (χ0) is 27.8. The SMILES string of the molecule is CC(C)(C)C#CP(/C(=C(/c1ccccc1)P(c1ccccc1)c1ccccc1)c1ccccc1)c1ccccc1. The van der Waals surface area contributed by atoms with Crippen molar-refractivity contribution in [1.82, 2.24) is 0 Å². The van der Waals surface area contributed by atoms with E-state index in [1.165, 1.54) is 37.7 Å². The first-order chi connectivity index (χ1) is 19.5. The van der Waals surface area contributed by atoms with E-state index in [-0.39, 0.29) is 5.41 Å². The fraction of sp³-hybridized carbons (Fsp3) is 0.105. The minimum atomic E-state index is -1.00. The lowest BCUT2D eigenvalue weighted by Gasteiger charge is -2.29. The lowest BCUT2D eigenvalue weighted by atomic mass is 9.99. The molecule has 0 amide bonds. The molecule has 0 bridgehead atoms. The van der Waals surface area contributed by atoms with Crippen molar-refractivity contribution in [1.29, 1.82) is 0 Å². The van der Waals surface area contributed by atoms with Gasteiger partial charge in [0.25, 0.3) is 0 Å². The van der Waals surface area contributed by atoms with Crippen LogP contribution in [0.4, 0.5) is 0 Å². The molecular formula is C38H34P2. The van der Waals surface area contributed by atoms with Gasteiger partial charge in [0.2, 0.25) is 0 Å². The summed E-state index contributed by atoms with van der Waals surface area (Å²) < 4.78 is 0. The first-order valence-corrected chi connectivity index (χ1v) is 16.3. The summed E-state index contributed by atoms with van der Waals surface area (Å²) in [7, 11) is -1.89. The van der Waals surface area contributed by atoms with Gasteiger partial charge in [-0.15, -0.1) is 0 Å². The van der Waals surface area contributed by atoms with Gasteiger partial charge < -0.3 is 0 Å². The molecule has 0 aliphatic rings. The minimum absolute atomic E-state index is 0.104. The molecule has 5 aromatic carbocycles. The Labute approximate surface area is 242 Å². The van der Waals surface area contributed by atoms with Gasteiger partial charge in [-0.2, -0.15) is 0 Å². The Morgan fingerprint density at radius 2 is 0.800 bits per heavy atom. The molecule has 1 unspecified atom stereocenters. The van der Waals surface area contributed by atoms with Crippen LogP contribution in [0.5, 0.6) is 0 Å². The van der Waals surface area contributed by atoms with Gasteiger partial charge >= 0.3 is 0 Å². The number of hydrogen-bond acceptors (Lipinski definition) is 0. The molecule has 40 heavy (non-hydrogen) atoms. The third-order valence-corrected chi connectivity index (χ3v) is 11.2. The van der Waals surface area contributed by atoms with Crippen LogP contribution in [-0.2, 0) is 0 Å². The first kappa shape index (κ1) is 27.8. The van der Waals surface area contributed by atoms with Crippen molar-refractivity contribution < 1.29 is 0 Å². The summed E-state index contributed by atoms with van der Waals surface area (Å²) in [6, 6.07) is 54.8. The highest BCUT2D eigenvalue weighted by molar-refractivity contribution is 7.87. The summed E-state index contributed by atoms with van der Waals surface area (Å²) in [5.74, 6) is 3.65. The Balaban J connectivity index is 1.95. The summed E-state index contributed by atoms with van der Waals surface area (Å²) >= 11 is 0. The molecule has 2 heteroatoms. The summed E-state index contributed by atoms with van der Waals surface area (Å²) in [5, 5.41) is 6.66. The molecule has 0 saturated carbocycles. The predicted molar refractivity (Wildman–Crippen MR) is 179 cm³/mol. The lowest BCUT2D eigenvalue weighted by Crippen LogP contribution is -2.14. The molecule has 0 fully saturated rings. The van der Waals surface area contributed by atoms with Crippen LogP contribution in [0.3, 0.4) is 0 Å². The minimum Gasteiger partial charge on any atom is -0.0920 e. The first-order valence-electron chi connectivity index (χ1n) is 13.6. The van der Waals surface area contributed by atoms with Crippen molar-refractivity contribution in [2.75, 3.05) is 0 Å². The maximum Gasteiger partial charge on any atom is 0.0357 e. The van der Waals surface area contributed by atoms with Crippen LogP contribution in [0.15, 0.2) is 152 Å². The summed E-state index contributed by atoms with van der Waals surface area (Å²) in [4.78, 5) is 0. The predicted octanol–water partition coefficient (Wildman–Crippen LogP) is 9.46. The van der Waals surface area contributed by atoms with Crippen molar-refractivity contribution in [3.63, 3.8) is 0 Å². The van der Waals surface area contributed by atoms with E-state index < -0.39 is 15.8 Å². The van der Waals surface area contributed by atoms with Crippen LogP contribution in [0.25, 0.3) is 10.6 Å². The van der Waals surface area contributed by atoms with Crippen molar-refractivity contribution in [3.05, 3.63) is 163 Å². The van der Waals surface area contributed by atoms with E-state index in [0.29, 0.717) is 0 Å². The third-order valence-electron chi connectivity index (χ3n) is 6.35. The molecule has 0 N–H and O–H groups in total. The highest BCUT2D eigenvalue weighted by Crippen LogP contribution is 2.61. The second-order valence-electron chi connectivity index (χ2n) is 10.6. The van der Waals surface area contributed by atoms with Crippen LogP contribution in [0, 0.1) is 17.0 Å². The van der Waals surface area contributed by atoms with E-state index >= 15 is 0 Å². The molecule has 5 rings (SSSR count). The van der Waals surface area contributed by atoms with E-state index in [9.17, 15) is 0 Å². The zero-order valence-corrected chi connectivity index (χ0v) is 25.1. The maximum atomic E-state index is 3.85. The van der Waals surface area contributed by atoms with Crippen molar-refractivity contribution in [3.8, 4) is 11.6 Å². The van der Waals surface area contributed by atoms with E-state index in [2.05, 4.69) is 184 Å². The Morgan fingerprint density at radius 1 is 0.450 bits per heavy atom. The van der Waals surface area contributed by atoms with E-state index in [1.54, 1.807) is 0 Å². The van der Waals surface area contributed by atoms with Gasteiger partial charge in [0.15, 0.2) is 0 Å². The fourth-order valence-corrected chi connectivity index (χ4v) is 9.82. The normalized spacial score (nSPS) is 12.7. The molecule has 0 heterocycles. The lowest BCUT2D eigenvalue weighted by molar-refractivity contribution is 0.571. The Kier molecular flexibility index (Phi) is 9.09. The second kappa shape index (κ2) is 13.1. The quantitative estimate of drug-likeness (QED) is 0.107. The van der Waals surface area contributed by atoms with Gasteiger partial charge in [-0.1, -0.05) is 163 Å². The average Bonchev–Trinajstić information content (AvgIpc) is 3.00. The molecule has 0 aromatic heterocycles. The van der Waals surface area contributed by atoms with E-state index in [0.717, 1.165) is 0 Å². The molecule has 0 radical (unpaired) electrons. The highest BCUT2D eigenvalue weighted by atomic mass is 31.1. The molecule has 0 nitrogen and oxygen atoms in total. The van der Waals surface area contributed by atoms with Crippen molar-refractivity contribution in [2.24, 2.45) is 5.41 Å². The summed E-state index contributed by atoms with van der Waals surface area (Å²) in [6.45, 7) is 6.59. The van der Waals surface area contributed by atoms with Gasteiger partial charge in [-0.3, -0.25) is 0 Å². The standard InChI is InChI=1S/C38H34P2/c1-38(2,3)29-30-39(33-23-13-6-14-24-33)36(31-19-9-4-10-20-31)37(32-21-11-5-12-22-32)40(34-25-15-7-16-26-34)35-27-17-8-18-28-35/h4-28H,1-3H3/b37-36-. The fourth-order valence-electron chi connectivity index (χ4n) is 4.55. The summed E-state index contributed by atoms with van der Waals surface area (Å²) in [5.41, 5.74) is 6.23. The van der Waals surface area contributed by atoms with Gasteiger partial charge in [0, 0.05) is 24.0 Å². The van der Waals surface area contributed by atoms with Gasteiger partial charge in [-0.25, -0.2) is 0 Å². The monoisotopic (exact) mass is 552 g/mol. The molecule has 1 atom stereocenters. The molecule has 5 aromatic rings. The van der Waals surface area contributed by atoms with Gasteiger partial charge in [-0.05, 0) is 55.7 Å². The molecule has 0 aliphatic carbocycles. The Hall–Kier alpha value is -3.74. The van der Waals surface area contributed by atoms with Gasteiger partial charge in [0.05, 0.1) is 0 Å². The topological polar surface area (TPSA) is 0 Å². The number of benzene rings is 5. The van der Waals surface area contributed by atoms with Crippen LogP contribution < -0.4 is 15.9 Å². The van der Waals surface area contributed by atoms with Crippen LogP contribution >= 0.6 is 15.8 Å².